The summed E-state index contributed by atoms with van der Waals surface area (Å²) in [5, 5.41) is 12.6. The van der Waals surface area contributed by atoms with Crippen LogP contribution in [0.25, 0.3) is 0 Å². The molecule has 0 aliphatic rings. The summed E-state index contributed by atoms with van der Waals surface area (Å²) in [7, 11) is 0. The van der Waals surface area contributed by atoms with E-state index >= 15 is 0 Å². The minimum absolute atomic E-state index is 0.206. The zero-order chi connectivity index (χ0) is 12.8. The lowest BCUT2D eigenvalue weighted by Gasteiger charge is -2.01. The summed E-state index contributed by atoms with van der Waals surface area (Å²) >= 11 is 0. The standard InChI is InChI=1S/C10H9N3O4/c1-2-3-9(14)12-10(15)7-4-5-11-6-8(7)13(16)17/h2-6H,1H3,(H,12,14,15). The smallest absolute Gasteiger partial charge is 0.288 e. The Kier molecular flexibility index (Phi) is 4.04. The summed E-state index contributed by atoms with van der Waals surface area (Å²) in [6, 6.07) is 1.18. The Hall–Kier alpha value is -2.57. The fourth-order valence-corrected chi connectivity index (χ4v) is 1.10. The molecule has 0 saturated carbocycles. The van der Waals surface area contributed by atoms with E-state index in [9.17, 15) is 19.7 Å². The van der Waals surface area contributed by atoms with Crippen LogP contribution >= 0.6 is 0 Å². The quantitative estimate of drug-likeness (QED) is 0.474. The van der Waals surface area contributed by atoms with Crippen LogP contribution in [0.1, 0.15) is 17.3 Å². The minimum atomic E-state index is -0.831. The number of hydrogen-bond acceptors (Lipinski definition) is 5. The molecule has 0 aliphatic carbocycles. The summed E-state index contributed by atoms with van der Waals surface area (Å²) in [6.45, 7) is 1.61. The van der Waals surface area contributed by atoms with Crippen LogP contribution in [0.15, 0.2) is 30.6 Å². The van der Waals surface area contributed by atoms with Crippen LogP contribution < -0.4 is 5.32 Å². The molecule has 88 valence electrons. The summed E-state index contributed by atoms with van der Waals surface area (Å²) in [5.74, 6) is -1.47. The molecule has 1 aromatic heterocycles. The molecule has 1 heterocycles. The second-order valence-corrected chi connectivity index (χ2v) is 2.97. The molecule has 1 N–H and O–H groups in total. The van der Waals surface area contributed by atoms with E-state index < -0.39 is 22.4 Å². The molecule has 0 bridgehead atoms. The first-order valence-corrected chi connectivity index (χ1v) is 4.62. The molecule has 0 aliphatic heterocycles. The SMILES string of the molecule is CC=CC(=O)NC(=O)c1ccncc1[N+](=O)[O-]. The zero-order valence-corrected chi connectivity index (χ0v) is 8.91. The molecule has 0 unspecified atom stereocenters. The monoisotopic (exact) mass is 235 g/mol. The van der Waals surface area contributed by atoms with Crippen LogP contribution in [-0.4, -0.2) is 21.7 Å². The van der Waals surface area contributed by atoms with Crippen molar-refractivity contribution in [2.75, 3.05) is 0 Å². The molecular formula is C10H9N3O4. The molecule has 17 heavy (non-hydrogen) atoms. The van der Waals surface area contributed by atoms with Crippen LogP contribution in [0, 0.1) is 10.1 Å². The van der Waals surface area contributed by atoms with E-state index in [0.717, 1.165) is 12.3 Å². The third-order valence-electron chi connectivity index (χ3n) is 1.80. The van der Waals surface area contributed by atoms with Gasteiger partial charge in [-0.05, 0) is 19.1 Å². The lowest BCUT2D eigenvalue weighted by Crippen LogP contribution is -2.29. The summed E-state index contributed by atoms with van der Waals surface area (Å²) in [5.41, 5.74) is -0.652. The third-order valence-corrected chi connectivity index (χ3v) is 1.80. The number of pyridine rings is 1. The molecule has 0 saturated heterocycles. The van der Waals surface area contributed by atoms with E-state index in [1.807, 2.05) is 5.32 Å². The van der Waals surface area contributed by atoms with Crippen LogP contribution in [0.2, 0.25) is 0 Å². The maximum Gasteiger partial charge on any atom is 0.300 e. The molecule has 2 amide bonds. The van der Waals surface area contributed by atoms with Gasteiger partial charge < -0.3 is 0 Å². The number of nitro groups is 1. The second kappa shape index (κ2) is 5.50. The Morgan fingerprint density at radius 1 is 1.53 bits per heavy atom. The number of rotatable bonds is 3. The normalized spacial score (nSPS) is 10.2. The molecule has 0 spiro atoms. The number of carbonyl (C=O) groups is 2. The van der Waals surface area contributed by atoms with E-state index in [-0.39, 0.29) is 5.56 Å². The summed E-state index contributed by atoms with van der Waals surface area (Å²) < 4.78 is 0. The maximum atomic E-state index is 11.6. The predicted octanol–water partition coefficient (Wildman–Crippen LogP) is 0.822. The molecule has 0 radical (unpaired) electrons. The van der Waals surface area contributed by atoms with Crippen molar-refractivity contribution in [2.45, 2.75) is 6.92 Å². The number of carbonyl (C=O) groups excluding carboxylic acids is 2. The Morgan fingerprint density at radius 2 is 2.24 bits per heavy atom. The zero-order valence-electron chi connectivity index (χ0n) is 8.91. The number of imide groups is 1. The van der Waals surface area contributed by atoms with Crippen molar-refractivity contribution >= 4 is 17.5 Å². The Labute approximate surface area is 96.3 Å². The molecule has 0 aromatic carbocycles. The first-order valence-electron chi connectivity index (χ1n) is 4.62. The summed E-state index contributed by atoms with van der Waals surface area (Å²) in [4.78, 5) is 36.1. The van der Waals surface area contributed by atoms with Crippen molar-refractivity contribution in [1.29, 1.82) is 0 Å². The van der Waals surface area contributed by atoms with Gasteiger partial charge in [0.2, 0.25) is 5.91 Å². The Morgan fingerprint density at radius 3 is 2.82 bits per heavy atom. The van der Waals surface area contributed by atoms with Gasteiger partial charge in [0.15, 0.2) is 0 Å². The number of amides is 2. The largest absolute Gasteiger partial charge is 0.300 e. The van der Waals surface area contributed by atoms with Gasteiger partial charge in [0.25, 0.3) is 11.6 Å². The van der Waals surface area contributed by atoms with Gasteiger partial charge in [-0.1, -0.05) is 6.08 Å². The number of nitrogens with zero attached hydrogens (tertiary/aromatic N) is 2. The van der Waals surface area contributed by atoms with Gasteiger partial charge in [-0.15, -0.1) is 0 Å². The molecule has 1 rings (SSSR count). The van der Waals surface area contributed by atoms with E-state index in [0.29, 0.717) is 0 Å². The minimum Gasteiger partial charge on any atom is -0.288 e. The number of nitrogens with one attached hydrogen (secondary N) is 1. The second-order valence-electron chi connectivity index (χ2n) is 2.97. The highest BCUT2D eigenvalue weighted by molar-refractivity contribution is 6.09. The van der Waals surface area contributed by atoms with Crippen molar-refractivity contribution in [3.63, 3.8) is 0 Å². The van der Waals surface area contributed by atoms with Crippen molar-refractivity contribution in [2.24, 2.45) is 0 Å². The van der Waals surface area contributed by atoms with Gasteiger partial charge in [0.05, 0.1) is 4.92 Å². The highest BCUT2D eigenvalue weighted by Gasteiger charge is 2.20. The van der Waals surface area contributed by atoms with E-state index in [4.69, 9.17) is 0 Å². The van der Waals surface area contributed by atoms with Crippen LogP contribution in [0.3, 0.4) is 0 Å². The molecule has 7 nitrogen and oxygen atoms in total. The van der Waals surface area contributed by atoms with Crippen LogP contribution in [-0.2, 0) is 4.79 Å². The molecule has 1 aromatic rings. The van der Waals surface area contributed by atoms with Gasteiger partial charge in [-0.2, -0.15) is 0 Å². The Balaban J connectivity index is 2.97. The van der Waals surface area contributed by atoms with Crippen molar-refractivity contribution in [1.82, 2.24) is 10.3 Å². The highest BCUT2D eigenvalue weighted by atomic mass is 16.6. The topological polar surface area (TPSA) is 102 Å². The number of allylic oxidation sites excluding steroid dienone is 1. The lowest BCUT2D eigenvalue weighted by molar-refractivity contribution is -0.385. The third kappa shape index (κ3) is 3.20. The maximum absolute atomic E-state index is 11.6. The van der Waals surface area contributed by atoms with Crippen molar-refractivity contribution in [3.8, 4) is 0 Å². The van der Waals surface area contributed by atoms with E-state index in [1.165, 1.54) is 18.3 Å². The fourth-order valence-electron chi connectivity index (χ4n) is 1.10. The molecular weight excluding hydrogens is 226 g/mol. The Bertz CT molecular complexity index is 496. The van der Waals surface area contributed by atoms with Gasteiger partial charge >= 0.3 is 0 Å². The van der Waals surface area contributed by atoms with Crippen molar-refractivity contribution in [3.05, 3.63) is 46.3 Å². The lowest BCUT2D eigenvalue weighted by atomic mass is 10.2. The average Bonchev–Trinajstić information content (AvgIpc) is 2.29. The van der Waals surface area contributed by atoms with Gasteiger partial charge in [0, 0.05) is 6.20 Å². The first-order chi connectivity index (χ1) is 8.06. The van der Waals surface area contributed by atoms with E-state index in [2.05, 4.69) is 4.98 Å². The van der Waals surface area contributed by atoms with E-state index in [1.54, 1.807) is 6.92 Å². The predicted molar refractivity (Wildman–Crippen MR) is 58.2 cm³/mol. The number of aromatic nitrogens is 1. The van der Waals surface area contributed by atoms with Gasteiger partial charge in [-0.25, -0.2) is 0 Å². The van der Waals surface area contributed by atoms with Crippen LogP contribution in [0.5, 0.6) is 0 Å². The number of hydrogen-bond donors (Lipinski definition) is 1. The first kappa shape index (κ1) is 12.5. The molecule has 7 heteroatoms. The van der Waals surface area contributed by atoms with Crippen LogP contribution in [0.4, 0.5) is 5.69 Å². The van der Waals surface area contributed by atoms with Gasteiger partial charge in [-0.3, -0.25) is 30.0 Å². The highest BCUT2D eigenvalue weighted by Crippen LogP contribution is 2.15. The average molecular weight is 235 g/mol. The molecule has 0 atom stereocenters. The summed E-state index contributed by atoms with van der Waals surface area (Å²) in [6.07, 6.45) is 4.78. The van der Waals surface area contributed by atoms with Gasteiger partial charge in [0.1, 0.15) is 11.8 Å². The molecule has 0 fully saturated rings. The van der Waals surface area contributed by atoms with Crippen molar-refractivity contribution < 1.29 is 14.5 Å². The fraction of sp³-hybridized carbons (Fsp3) is 0.100.